The first kappa shape index (κ1) is 21.6. The molecule has 1 N–H and O–H groups in total. The Hall–Kier alpha value is -2.61. The Morgan fingerprint density at radius 3 is 2.52 bits per heavy atom. The van der Waals surface area contributed by atoms with E-state index in [1.807, 2.05) is 84.3 Å². The van der Waals surface area contributed by atoms with Gasteiger partial charge in [0.05, 0.1) is 11.4 Å². The van der Waals surface area contributed by atoms with E-state index < -0.39 is 0 Å². The van der Waals surface area contributed by atoms with Crippen molar-refractivity contribution in [1.29, 1.82) is 0 Å². The van der Waals surface area contributed by atoms with Crippen molar-refractivity contribution in [2.75, 3.05) is 11.1 Å². The topological polar surface area (TPSA) is 59.8 Å². The Kier molecular flexibility index (Phi) is 6.75. The van der Waals surface area contributed by atoms with Crippen molar-refractivity contribution in [3.05, 3.63) is 87.9 Å². The predicted octanol–water partition coefficient (Wildman–Crippen LogP) is 6.39. The molecule has 0 unspecified atom stereocenters. The summed E-state index contributed by atoms with van der Waals surface area (Å²) in [5, 5.41) is 12.9. The average Bonchev–Trinajstić information content (AvgIpc) is 3.19. The summed E-state index contributed by atoms with van der Waals surface area (Å²) in [6, 6.07) is 23.1. The van der Waals surface area contributed by atoms with Crippen LogP contribution in [-0.4, -0.2) is 26.4 Å². The fourth-order valence-corrected chi connectivity index (χ4v) is 4.47. The van der Waals surface area contributed by atoms with Crippen molar-refractivity contribution in [3.8, 4) is 17.1 Å². The maximum atomic E-state index is 12.6. The second-order valence-corrected chi connectivity index (χ2v) is 9.04. The fraction of sp³-hybridized carbons (Fsp3) is 0.0870. The molecule has 156 valence electrons. The number of anilines is 1. The zero-order chi connectivity index (χ0) is 21.8. The first-order valence-electron chi connectivity index (χ1n) is 9.47. The molecule has 0 spiro atoms. The van der Waals surface area contributed by atoms with E-state index in [9.17, 15) is 4.79 Å². The van der Waals surface area contributed by atoms with Crippen LogP contribution in [0.3, 0.4) is 0 Å². The number of aromatic nitrogens is 3. The molecule has 0 aliphatic carbocycles. The van der Waals surface area contributed by atoms with Gasteiger partial charge in [-0.3, -0.25) is 9.36 Å². The van der Waals surface area contributed by atoms with E-state index in [-0.39, 0.29) is 11.7 Å². The van der Waals surface area contributed by atoms with Crippen LogP contribution in [0.5, 0.6) is 0 Å². The van der Waals surface area contributed by atoms with Gasteiger partial charge >= 0.3 is 0 Å². The summed E-state index contributed by atoms with van der Waals surface area (Å²) < 4.78 is 2.78. The summed E-state index contributed by atoms with van der Waals surface area (Å²) in [5.41, 5.74) is 3.66. The van der Waals surface area contributed by atoms with E-state index in [4.69, 9.17) is 11.6 Å². The Bertz CT molecular complexity index is 1210. The van der Waals surface area contributed by atoms with Crippen LogP contribution in [0.2, 0.25) is 5.02 Å². The van der Waals surface area contributed by atoms with Crippen LogP contribution in [0.25, 0.3) is 17.1 Å². The van der Waals surface area contributed by atoms with E-state index in [0.29, 0.717) is 16.0 Å². The molecule has 31 heavy (non-hydrogen) atoms. The maximum absolute atomic E-state index is 12.6. The van der Waals surface area contributed by atoms with E-state index in [1.165, 1.54) is 11.8 Å². The molecule has 0 atom stereocenters. The van der Waals surface area contributed by atoms with Crippen molar-refractivity contribution >= 4 is 50.9 Å². The number of nitrogens with one attached hydrogen (secondary N) is 1. The molecule has 1 heterocycles. The highest BCUT2D eigenvalue weighted by Crippen LogP contribution is 2.29. The number of halogens is 2. The third-order valence-electron chi connectivity index (χ3n) is 4.48. The lowest BCUT2D eigenvalue weighted by molar-refractivity contribution is -0.113. The number of nitrogens with zero attached hydrogens (tertiary/aromatic N) is 3. The molecular weight excluding hydrogens is 496 g/mol. The number of carbonyl (C=O) groups excluding carboxylic acids is 1. The number of benzene rings is 3. The van der Waals surface area contributed by atoms with Gasteiger partial charge in [0.15, 0.2) is 11.0 Å². The minimum atomic E-state index is -0.124. The van der Waals surface area contributed by atoms with Crippen LogP contribution in [0.15, 0.2) is 82.4 Å². The summed E-state index contributed by atoms with van der Waals surface area (Å²) in [5.74, 6) is 0.773. The van der Waals surface area contributed by atoms with Gasteiger partial charge in [0.2, 0.25) is 5.91 Å². The second kappa shape index (κ2) is 9.68. The second-order valence-electron chi connectivity index (χ2n) is 6.80. The van der Waals surface area contributed by atoms with E-state index in [2.05, 4.69) is 31.4 Å². The molecule has 0 bridgehead atoms. The molecule has 0 radical (unpaired) electrons. The van der Waals surface area contributed by atoms with Crippen molar-refractivity contribution in [2.24, 2.45) is 0 Å². The molecule has 0 aliphatic heterocycles. The molecule has 4 aromatic rings. The monoisotopic (exact) mass is 512 g/mol. The number of rotatable bonds is 6. The van der Waals surface area contributed by atoms with Crippen LogP contribution >= 0.6 is 39.3 Å². The first-order valence-corrected chi connectivity index (χ1v) is 11.6. The Morgan fingerprint density at radius 2 is 1.81 bits per heavy atom. The Morgan fingerprint density at radius 1 is 1.06 bits per heavy atom. The van der Waals surface area contributed by atoms with Crippen molar-refractivity contribution < 1.29 is 4.79 Å². The Labute approximate surface area is 198 Å². The van der Waals surface area contributed by atoms with Crippen LogP contribution in [0.1, 0.15) is 5.56 Å². The smallest absolute Gasteiger partial charge is 0.234 e. The van der Waals surface area contributed by atoms with Crippen LogP contribution in [0, 0.1) is 6.92 Å². The van der Waals surface area contributed by atoms with Gasteiger partial charge < -0.3 is 5.32 Å². The third-order valence-corrected chi connectivity index (χ3v) is 6.32. The zero-order valence-corrected chi connectivity index (χ0v) is 19.7. The normalized spacial score (nSPS) is 10.8. The molecule has 5 nitrogen and oxygen atoms in total. The number of hydrogen-bond donors (Lipinski definition) is 1. The van der Waals surface area contributed by atoms with Crippen molar-refractivity contribution in [2.45, 2.75) is 12.1 Å². The summed E-state index contributed by atoms with van der Waals surface area (Å²) >= 11 is 10.9. The number of carbonyl (C=O) groups is 1. The van der Waals surface area contributed by atoms with Gasteiger partial charge in [-0.1, -0.05) is 59.8 Å². The lowest BCUT2D eigenvalue weighted by Crippen LogP contribution is -2.15. The molecular formula is C23H18BrClN4OS. The van der Waals surface area contributed by atoms with Crippen LogP contribution < -0.4 is 5.32 Å². The lowest BCUT2D eigenvalue weighted by atomic mass is 10.2. The molecule has 3 aromatic carbocycles. The number of hydrogen-bond acceptors (Lipinski definition) is 4. The molecule has 0 saturated heterocycles. The quantitative estimate of drug-likeness (QED) is 0.304. The van der Waals surface area contributed by atoms with E-state index in [0.717, 1.165) is 27.0 Å². The molecule has 1 aromatic heterocycles. The Balaban J connectivity index is 1.58. The molecule has 4 rings (SSSR count). The molecule has 8 heteroatoms. The van der Waals surface area contributed by atoms with Gasteiger partial charge in [-0.25, -0.2) is 0 Å². The van der Waals surface area contributed by atoms with Crippen molar-refractivity contribution in [3.63, 3.8) is 0 Å². The largest absolute Gasteiger partial charge is 0.324 e. The van der Waals surface area contributed by atoms with Gasteiger partial charge in [0, 0.05) is 20.7 Å². The number of thioether (sulfide) groups is 1. The fourth-order valence-electron chi connectivity index (χ4n) is 3.00. The summed E-state index contributed by atoms with van der Waals surface area (Å²) in [4.78, 5) is 12.6. The van der Waals surface area contributed by atoms with Gasteiger partial charge in [-0.05, 0) is 64.8 Å². The van der Waals surface area contributed by atoms with Crippen LogP contribution in [0.4, 0.5) is 5.69 Å². The van der Waals surface area contributed by atoms with E-state index >= 15 is 0 Å². The minimum Gasteiger partial charge on any atom is -0.324 e. The standard InChI is InChI=1S/C23H18BrClN4OS/c1-15-7-12-20(19(24)13-15)26-21(30)14-31-23-28-27-22(16-5-3-2-4-6-16)29(23)18-10-8-17(25)9-11-18/h2-13H,14H2,1H3,(H,26,30). The van der Waals surface area contributed by atoms with Gasteiger partial charge in [0.1, 0.15) is 0 Å². The lowest BCUT2D eigenvalue weighted by Gasteiger charge is -2.11. The SMILES string of the molecule is Cc1ccc(NC(=O)CSc2nnc(-c3ccccc3)n2-c2ccc(Cl)cc2)c(Br)c1. The zero-order valence-electron chi connectivity index (χ0n) is 16.5. The molecule has 1 amide bonds. The minimum absolute atomic E-state index is 0.124. The van der Waals surface area contributed by atoms with Gasteiger partial charge in [-0.15, -0.1) is 10.2 Å². The van der Waals surface area contributed by atoms with Crippen LogP contribution in [-0.2, 0) is 4.79 Å². The number of amides is 1. The highest BCUT2D eigenvalue weighted by Gasteiger charge is 2.17. The molecule has 0 aliphatic rings. The summed E-state index contributed by atoms with van der Waals surface area (Å²) in [6.07, 6.45) is 0. The summed E-state index contributed by atoms with van der Waals surface area (Å²) in [6.45, 7) is 2.00. The number of aryl methyl sites for hydroxylation is 1. The third kappa shape index (κ3) is 5.18. The highest BCUT2D eigenvalue weighted by atomic mass is 79.9. The summed E-state index contributed by atoms with van der Waals surface area (Å²) in [7, 11) is 0. The van der Waals surface area contributed by atoms with E-state index in [1.54, 1.807) is 0 Å². The predicted molar refractivity (Wildman–Crippen MR) is 130 cm³/mol. The van der Waals surface area contributed by atoms with Crippen molar-refractivity contribution in [1.82, 2.24) is 14.8 Å². The van der Waals surface area contributed by atoms with Gasteiger partial charge in [-0.2, -0.15) is 0 Å². The molecule has 0 saturated carbocycles. The maximum Gasteiger partial charge on any atom is 0.234 e. The molecule has 0 fully saturated rings. The first-order chi connectivity index (χ1) is 15.0. The highest BCUT2D eigenvalue weighted by molar-refractivity contribution is 9.10. The average molecular weight is 514 g/mol. The van der Waals surface area contributed by atoms with Gasteiger partial charge in [0.25, 0.3) is 0 Å².